The molecule has 126 valence electrons. The van der Waals surface area contributed by atoms with Gasteiger partial charge in [0.25, 0.3) is 0 Å². The highest BCUT2D eigenvalue weighted by Crippen LogP contribution is 2.37. The summed E-state index contributed by atoms with van der Waals surface area (Å²) in [6.07, 6.45) is 0. The molecule has 0 bridgehead atoms. The molecule has 0 saturated heterocycles. The van der Waals surface area contributed by atoms with Crippen molar-refractivity contribution < 1.29 is 4.39 Å². The van der Waals surface area contributed by atoms with Gasteiger partial charge >= 0.3 is 0 Å². The van der Waals surface area contributed by atoms with Crippen molar-refractivity contribution in [2.24, 2.45) is 0 Å². The third-order valence-corrected chi connectivity index (χ3v) is 5.14. The molecule has 1 heterocycles. The molecule has 4 aromatic carbocycles. The predicted molar refractivity (Wildman–Crippen MR) is 106 cm³/mol. The van der Waals surface area contributed by atoms with Gasteiger partial charge in [0.05, 0.1) is 21.6 Å². The molecule has 2 nitrogen and oxygen atoms in total. The molecule has 0 atom stereocenters. The maximum atomic E-state index is 14.4. The SMILES string of the molecule is Cc1ccc2c(c1)c1ccccc1c1nc(-c3c(F)cccc3Cl)[nH]c21. The quantitative estimate of drug-likeness (QED) is 0.333. The Labute approximate surface area is 154 Å². The van der Waals surface area contributed by atoms with Crippen molar-refractivity contribution in [2.75, 3.05) is 0 Å². The number of nitrogens with zero attached hydrogens (tertiary/aromatic N) is 1. The average Bonchev–Trinajstić information content (AvgIpc) is 3.07. The second-order valence-corrected chi connectivity index (χ2v) is 6.91. The largest absolute Gasteiger partial charge is 0.337 e. The summed E-state index contributed by atoms with van der Waals surface area (Å²) in [7, 11) is 0. The molecule has 26 heavy (non-hydrogen) atoms. The fourth-order valence-corrected chi connectivity index (χ4v) is 3.88. The van der Waals surface area contributed by atoms with Crippen LogP contribution in [0.25, 0.3) is 44.0 Å². The van der Waals surface area contributed by atoms with Crippen LogP contribution in [-0.2, 0) is 0 Å². The van der Waals surface area contributed by atoms with E-state index in [4.69, 9.17) is 16.6 Å². The molecule has 0 fully saturated rings. The van der Waals surface area contributed by atoms with Gasteiger partial charge in [-0.2, -0.15) is 0 Å². The maximum Gasteiger partial charge on any atom is 0.143 e. The van der Waals surface area contributed by atoms with E-state index in [2.05, 4.69) is 36.2 Å². The van der Waals surface area contributed by atoms with E-state index < -0.39 is 0 Å². The van der Waals surface area contributed by atoms with Gasteiger partial charge in [-0.25, -0.2) is 9.37 Å². The first-order valence-corrected chi connectivity index (χ1v) is 8.76. The molecule has 0 saturated carbocycles. The Bertz CT molecular complexity index is 1300. The van der Waals surface area contributed by atoms with E-state index in [1.807, 2.05) is 18.2 Å². The summed E-state index contributed by atoms with van der Waals surface area (Å²) in [5.74, 6) is 0.0577. The predicted octanol–water partition coefficient (Wildman–Crippen LogP) is 6.64. The zero-order valence-electron chi connectivity index (χ0n) is 14.0. The number of fused-ring (bicyclic) bond motifs is 6. The van der Waals surface area contributed by atoms with Crippen molar-refractivity contribution >= 4 is 44.2 Å². The Morgan fingerprint density at radius 2 is 1.69 bits per heavy atom. The highest BCUT2D eigenvalue weighted by molar-refractivity contribution is 6.33. The Balaban J connectivity index is 1.98. The lowest BCUT2D eigenvalue weighted by Gasteiger charge is -2.06. The molecule has 1 N–H and O–H groups in total. The summed E-state index contributed by atoms with van der Waals surface area (Å²) in [6.45, 7) is 2.08. The van der Waals surface area contributed by atoms with E-state index in [0.29, 0.717) is 16.4 Å². The number of imidazole rings is 1. The molecule has 0 aliphatic heterocycles. The number of aromatic nitrogens is 2. The molecule has 1 aromatic heterocycles. The monoisotopic (exact) mass is 360 g/mol. The van der Waals surface area contributed by atoms with Crippen molar-refractivity contribution in [2.45, 2.75) is 6.92 Å². The molecule has 0 radical (unpaired) electrons. The molecule has 0 aliphatic rings. The lowest BCUT2D eigenvalue weighted by Crippen LogP contribution is -1.87. The van der Waals surface area contributed by atoms with Crippen LogP contribution in [0.5, 0.6) is 0 Å². The molecule has 0 amide bonds. The normalized spacial score (nSPS) is 11.7. The van der Waals surface area contributed by atoms with E-state index in [0.717, 1.165) is 32.6 Å². The summed E-state index contributed by atoms with van der Waals surface area (Å²) < 4.78 is 14.4. The number of hydrogen-bond acceptors (Lipinski definition) is 1. The van der Waals surface area contributed by atoms with E-state index in [1.165, 1.54) is 11.6 Å². The summed E-state index contributed by atoms with van der Waals surface area (Å²) in [6, 6.07) is 19.2. The molecular weight excluding hydrogens is 347 g/mol. The zero-order valence-corrected chi connectivity index (χ0v) is 14.7. The van der Waals surface area contributed by atoms with Crippen LogP contribution < -0.4 is 0 Å². The summed E-state index contributed by atoms with van der Waals surface area (Å²) >= 11 is 6.25. The minimum absolute atomic E-state index is 0.301. The standard InChI is InChI=1S/C22H14ClFN2/c1-12-9-10-15-16(11-12)13-5-2-3-6-14(13)20-21(15)26-22(25-20)19-17(23)7-4-8-18(19)24/h2-11H,1H3,(H,25,26). The van der Waals surface area contributed by atoms with Crippen LogP contribution in [0.1, 0.15) is 5.56 Å². The van der Waals surface area contributed by atoms with E-state index in [1.54, 1.807) is 12.1 Å². The van der Waals surface area contributed by atoms with Gasteiger partial charge < -0.3 is 4.98 Å². The number of halogens is 2. The van der Waals surface area contributed by atoms with Crippen LogP contribution >= 0.6 is 11.6 Å². The van der Waals surface area contributed by atoms with Crippen LogP contribution in [0.4, 0.5) is 4.39 Å². The van der Waals surface area contributed by atoms with Crippen molar-refractivity contribution in [3.8, 4) is 11.4 Å². The van der Waals surface area contributed by atoms with Gasteiger partial charge in [0.1, 0.15) is 11.6 Å². The zero-order chi connectivity index (χ0) is 17.8. The van der Waals surface area contributed by atoms with Crippen LogP contribution in [0.3, 0.4) is 0 Å². The second-order valence-electron chi connectivity index (χ2n) is 6.50. The van der Waals surface area contributed by atoms with Gasteiger partial charge in [0.15, 0.2) is 0 Å². The first-order chi connectivity index (χ1) is 12.6. The highest BCUT2D eigenvalue weighted by Gasteiger charge is 2.17. The van der Waals surface area contributed by atoms with Gasteiger partial charge in [-0.15, -0.1) is 0 Å². The number of aromatic amines is 1. The first kappa shape index (κ1) is 15.4. The highest BCUT2D eigenvalue weighted by atomic mass is 35.5. The van der Waals surface area contributed by atoms with Crippen LogP contribution in [0, 0.1) is 12.7 Å². The van der Waals surface area contributed by atoms with Crippen molar-refractivity contribution in [3.63, 3.8) is 0 Å². The van der Waals surface area contributed by atoms with Crippen molar-refractivity contribution in [3.05, 3.63) is 77.1 Å². The Hall–Kier alpha value is -2.91. The summed E-state index contributed by atoms with van der Waals surface area (Å²) in [4.78, 5) is 8.04. The lowest BCUT2D eigenvalue weighted by molar-refractivity contribution is 0.630. The van der Waals surface area contributed by atoms with Gasteiger partial charge in [-0.05, 0) is 29.8 Å². The van der Waals surface area contributed by atoms with Crippen LogP contribution in [0.2, 0.25) is 5.02 Å². The third kappa shape index (κ3) is 2.14. The fraction of sp³-hybridized carbons (Fsp3) is 0.0455. The summed E-state index contributed by atoms with van der Waals surface area (Å²) in [5.41, 5.74) is 3.22. The van der Waals surface area contributed by atoms with Gasteiger partial charge in [-0.3, -0.25) is 0 Å². The minimum atomic E-state index is -0.388. The number of nitrogens with one attached hydrogen (secondary N) is 1. The molecule has 5 aromatic rings. The first-order valence-electron chi connectivity index (χ1n) is 8.38. The molecule has 0 aliphatic carbocycles. The lowest BCUT2D eigenvalue weighted by atomic mass is 9.98. The number of hydrogen-bond donors (Lipinski definition) is 1. The second kappa shape index (κ2) is 5.55. The van der Waals surface area contributed by atoms with Crippen molar-refractivity contribution in [1.82, 2.24) is 9.97 Å². The van der Waals surface area contributed by atoms with Gasteiger partial charge in [-0.1, -0.05) is 65.7 Å². The smallest absolute Gasteiger partial charge is 0.143 e. The maximum absolute atomic E-state index is 14.4. The van der Waals surface area contributed by atoms with E-state index >= 15 is 0 Å². The Kier molecular flexibility index (Phi) is 3.28. The number of H-pyrrole nitrogens is 1. The Morgan fingerprint density at radius 1 is 0.885 bits per heavy atom. The third-order valence-electron chi connectivity index (χ3n) is 4.82. The summed E-state index contributed by atoms with van der Waals surface area (Å²) in [5, 5.41) is 4.74. The molecule has 4 heteroatoms. The number of benzene rings is 4. The Morgan fingerprint density at radius 3 is 2.50 bits per heavy atom. The minimum Gasteiger partial charge on any atom is -0.337 e. The van der Waals surface area contributed by atoms with E-state index in [-0.39, 0.29) is 5.82 Å². The molecule has 0 unspecified atom stereocenters. The molecular formula is C22H14ClFN2. The van der Waals surface area contributed by atoms with Crippen LogP contribution in [0.15, 0.2) is 60.7 Å². The van der Waals surface area contributed by atoms with Crippen molar-refractivity contribution in [1.29, 1.82) is 0 Å². The average molecular weight is 361 g/mol. The number of aryl methyl sites for hydroxylation is 1. The number of rotatable bonds is 1. The van der Waals surface area contributed by atoms with Gasteiger partial charge in [0, 0.05) is 10.8 Å². The molecule has 0 spiro atoms. The van der Waals surface area contributed by atoms with E-state index in [9.17, 15) is 4.39 Å². The van der Waals surface area contributed by atoms with Crippen LogP contribution in [-0.4, -0.2) is 9.97 Å². The fourth-order valence-electron chi connectivity index (χ4n) is 3.63. The van der Waals surface area contributed by atoms with Gasteiger partial charge in [0.2, 0.25) is 0 Å². The molecule has 5 rings (SSSR count). The topological polar surface area (TPSA) is 28.7 Å².